The maximum atomic E-state index is 12.2. The van der Waals surface area contributed by atoms with Crippen molar-refractivity contribution in [1.29, 1.82) is 0 Å². The summed E-state index contributed by atoms with van der Waals surface area (Å²) < 4.78 is 87.1. The summed E-state index contributed by atoms with van der Waals surface area (Å²) in [5.74, 6) is 6.91. The van der Waals surface area contributed by atoms with Gasteiger partial charge in [0, 0.05) is 62.5 Å². The number of carbonyl (C=O) groups is 4. The largest absolute Gasteiger partial charge is 0.490 e. The van der Waals surface area contributed by atoms with E-state index in [9.17, 15) is 47.8 Å². The Bertz CT molecular complexity index is 2540. The molecule has 0 spiro atoms. The number of hydrogen-bond donors (Lipinski definition) is 11. The highest BCUT2D eigenvalue weighted by atomic mass is 32.2. The van der Waals surface area contributed by atoms with Gasteiger partial charge in [0.2, 0.25) is 17.7 Å². The van der Waals surface area contributed by atoms with Crippen LogP contribution in [0.25, 0.3) is 11.0 Å². The first-order chi connectivity index (χ1) is 39.8. The summed E-state index contributed by atoms with van der Waals surface area (Å²) in [6.45, 7) is 4.65. The number of hydrogen-bond acceptors (Lipinski definition) is 22. The fourth-order valence-electron chi connectivity index (χ4n) is 8.72. The fourth-order valence-corrected chi connectivity index (χ4v) is 13.3. The van der Waals surface area contributed by atoms with Gasteiger partial charge in [-0.15, -0.1) is 0 Å². The molecule has 0 aromatic carbocycles. The third-order valence-corrected chi connectivity index (χ3v) is 18.0. The molecule has 3 fully saturated rings. The number of aliphatic hydroxyl groups excluding tert-OH is 1. The van der Waals surface area contributed by atoms with E-state index >= 15 is 0 Å². The summed E-state index contributed by atoms with van der Waals surface area (Å²) in [5, 5.41) is 26.1. The summed E-state index contributed by atoms with van der Waals surface area (Å²) >= 11 is 1.89. The number of phosphoric ester groups is 1. The predicted molar refractivity (Wildman–Crippen MR) is 298 cm³/mol. The van der Waals surface area contributed by atoms with Gasteiger partial charge in [0.1, 0.15) is 36.7 Å². The molecule has 83 heavy (non-hydrogen) atoms. The average Bonchev–Trinajstić information content (AvgIpc) is 2.69. The van der Waals surface area contributed by atoms with Crippen molar-refractivity contribution in [3.8, 4) is 11.8 Å². The molecule has 470 valence electrons. The number of amides is 5. The zero-order valence-electron chi connectivity index (χ0n) is 46.2. The molecule has 2 aromatic rings. The first-order valence-electron chi connectivity index (χ1n) is 27.5. The Morgan fingerprint density at radius 3 is 1.87 bits per heavy atom. The second-order valence-corrected chi connectivity index (χ2v) is 24.9. The SMILES string of the molecule is Nc1ncnc2c1c(C#CCOCCOCCOCCOCCOCCOCCNC(=O)CCCCCNC(=O)CCCCCNC(=O)CCCCC1SCC3NC(=O)NC31)cn2C1CC(O)C(COP(=O)(O)OP(=O)(O)OP(=O)(O)O)O1. The number of fused-ring (bicyclic) bond motifs is 2. The number of aliphatic hydroxyl groups is 1. The highest BCUT2D eigenvalue weighted by Crippen LogP contribution is 2.66. The van der Waals surface area contributed by atoms with Crippen LogP contribution in [0.1, 0.15) is 95.3 Å². The molecule has 3 aliphatic heterocycles. The molecule has 31 nitrogen and oxygen atoms in total. The van der Waals surface area contributed by atoms with Crippen LogP contribution in [0.15, 0.2) is 12.5 Å². The number of nitrogens with one attached hydrogen (secondary N) is 5. The Morgan fingerprint density at radius 1 is 0.723 bits per heavy atom. The molecule has 3 aliphatic rings. The highest BCUT2D eigenvalue weighted by Gasteiger charge is 2.44. The van der Waals surface area contributed by atoms with Gasteiger partial charge in [0.05, 0.1) is 108 Å². The van der Waals surface area contributed by atoms with Crippen LogP contribution < -0.4 is 32.3 Å². The number of carbonyl (C=O) groups excluding carboxylic acids is 4. The molecule has 12 N–H and O–H groups in total. The van der Waals surface area contributed by atoms with Crippen molar-refractivity contribution in [2.45, 2.75) is 119 Å². The summed E-state index contributed by atoms with van der Waals surface area (Å²) in [5.41, 5.74) is 6.83. The lowest BCUT2D eigenvalue weighted by atomic mass is 10.0. The Hall–Kier alpha value is -3.90. The summed E-state index contributed by atoms with van der Waals surface area (Å²) in [4.78, 5) is 92.9. The minimum atomic E-state index is -5.73. The number of aromatic nitrogens is 3. The van der Waals surface area contributed by atoms with E-state index in [-0.39, 0.29) is 67.9 Å². The Morgan fingerprint density at radius 2 is 1.28 bits per heavy atom. The third kappa shape index (κ3) is 28.0. The molecule has 0 aliphatic carbocycles. The topological polar surface area (TPSA) is 430 Å². The molecule has 5 heterocycles. The summed E-state index contributed by atoms with van der Waals surface area (Å²) in [6, 6.07) is 0.343. The lowest BCUT2D eigenvalue weighted by molar-refractivity contribution is -0.122. The molecule has 5 rings (SSSR count). The maximum absolute atomic E-state index is 12.2. The Kier molecular flexibility index (Phi) is 31.7. The lowest BCUT2D eigenvalue weighted by Gasteiger charge is -2.19. The van der Waals surface area contributed by atoms with Gasteiger partial charge in [-0.1, -0.05) is 31.1 Å². The van der Waals surface area contributed by atoms with Gasteiger partial charge < -0.3 is 94.7 Å². The average molecular weight is 1260 g/mol. The van der Waals surface area contributed by atoms with E-state index in [1.165, 1.54) is 10.9 Å². The van der Waals surface area contributed by atoms with Crippen molar-refractivity contribution in [3.63, 3.8) is 0 Å². The number of phosphoric acid groups is 3. The van der Waals surface area contributed by atoms with E-state index in [0.29, 0.717) is 120 Å². The van der Waals surface area contributed by atoms with Crippen molar-refractivity contribution in [2.24, 2.45) is 0 Å². The number of anilines is 1. The second-order valence-electron chi connectivity index (χ2n) is 19.2. The van der Waals surface area contributed by atoms with Gasteiger partial charge in [-0.3, -0.25) is 18.9 Å². The van der Waals surface area contributed by atoms with Crippen molar-refractivity contribution >= 4 is 75.8 Å². The molecular weight excluding hydrogens is 1180 g/mol. The van der Waals surface area contributed by atoms with Gasteiger partial charge in [-0.05, 0) is 38.5 Å². The van der Waals surface area contributed by atoms with Crippen molar-refractivity contribution in [2.75, 3.05) is 117 Å². The fraction of sp³-hybridized carbons (Fsp3) is 0.750. The van der Waals surface area contributed by atoms with E-state index in [1.807, 2.05) is 11.8 Å². The smallest absolute Gasteiger partial charge is 0.390 e. The Balaban J connectivity index is 0.746. The van der Waals surface area contributed by atoms with Gasteiger partial charge in [0.15, 0.2) is 0 Å². The van der Waals surface area contributed by atoms with Crippen LogP contribution in [-0.2, 0) is 74.4 Å². The second kappa shape index (κ2) is 37.6. The zero-order chi connectivity index (χ0) is 59.9. The van der Waals surface area contributed by atoms with Crippen molar-refractivity contribution in [3.05, 3.63) is 18.1 Å². The molecule has 0 bridgehead atoms. The van der Waals surface area contributed by atoms with Crippen LogP contribution in [0.5, 0.6) is 0 Å². The van der Waals surface area contributed by atoms with Gasteiger partial charge >= 0.3 is 29.5 Å². The molecule has 8 atom stereocenters. The standard InChI is InChI=1S/C48H80N9O22P3S/c49-46-44-35(31-57(47(44)54-34-53-46)43-30-37(58)38(77-43)32-76-81(66,67)79-82(68,69)78-80(63,64)65)10-9-18-70-20-22-72-24-26-74-28-29-75-27-25-73-23-21-71-19-17-52-42(61)13-4-2-8-15-50-40(59)12-3-1-7-16-51-41(60)14-6-5-11-39-45-36(33-83-39)55-48(62)56-45/h31,34,36-39,43,45,58H,1-8,11-30,32-33H2,(H,50,59)(H,51,60)(H,52,61)(H,66,67)(H,68,69)(H2,49,53,54)(H2,55,56,62)(H2,63,64,65). The number of nitrogens with two attached hydrogens (primary N) is 1. The highest BCUT2D eigenvalue weighted by molar-refractivity contribution is 8.00. The quantitative estimate of drug-likeness (QED) is 0.0194. The van der Waals surface area contributed by atoms with Crippen LogP contribution in [0.2, 0.25) is 0 Å². The van der Waals surface area contributed by atoms with Crippen LogP contribution in [0.4, 0.5) is 10.6 Å². The number of urea groups is 1. The normalized spacial score (nSPS) is 20.9. The lowest BCUT2D eigenvalue weighted by Crippen LogP contribution is -2.36. The minimum absolute atomic E-state index is 0.0180. The van der Waals surface area contributed by atoms with Gasteiger partial charge in [-0.25, -0.2) is 28.5 Å². The van der Waals surface area contributed by atoms with Crippen molar-refractivity contribution < 1.29 is 104 Å². The van der Waals surface area contributed by atoms with Crippen LogP contribution in [0.3, 0.4) is 0 Å². The Labute approximate surface area is 485 Å². The number of rotatable bonds is 44. The molecule has 0 saturated carbocycles. The number of nitrogens with zero attached hydrogens (tertiary/aromatic N) is 3. The van der Waals surface area contributed by atoms with Crippen LogP contribution >= 0.6 is 35.2 Å². The summed E-state index contributed by atoms with van der Waals surface area (Å²) in [6.07, 6.45) is 8.16. The first kappa shape index (κ1) is 69.9. The minimum Gasteiger partial charge on any atom is -0.390 e. The third-order valence-electron chi connectivity index (χ3n) is 12.7. The van der Waals surface area contributed by atoms with E-state index < -0.39 is 48.5 Å². The number of thioether (sulfide) groups is 1. The number of unbranched alkanes of at least 4 members (excludes halogenated alkanes) is 5. The molecular formula is C48H80N9O22P3S. The monoisotopic (exact) mass is 1260 g/mol. The predicted octanol–water partition coefficient (Wildman–Crippen LogP) is 1.65. The number of nitrogen functional groups attached to an aromatic ring is 1. The molecule has 2 aromatic heterocycles. The molecule has 8 unspecified atom stereocenters. The molecule has 35 heteroatoms. The molecule has 0 radical (unpaired) electrons. The van der Waals surface area contributed by atoms with E-state index in [2.05, 4.69) is 61.5 Å². The zero-order valence-corrected chi connectivity index (χ0v) is 49.7. The van der Waals surface area contributed by atoms with Gasteiger partial charge in [0.25, 0.3) is 0 Å². The maximum Gasteiger partial charge on any atom is 0.490 e. The van der Waals surface area contributed by atoms with E-state index in [0.717, 1.165) is 63.5 Å². The molecule has 5 amide bonds. The van der Waals surface area contributed by atoms with E-state index in [4.69, 9.17) is 48.7 Å². The van der Waals surface area contributed by atoms with E-state index in [1.54, 1.807) is 6.20 Å². The van der Waals surface area contributed by atoms with Gasteiger partial charge in [-0.2, -0.15) is 20.4 Å². The van der Waals surface area contributed by atoms with Crippen LogP contribution in [-0.4, -0.2) is 204 Å². The summed E-state index contributed by atoms with van der Waals surface area (Å²) in [7, 11) is -16.8. The van der Waals surface area contributed by atoms with Crippen molar-refractivity contribution in [1.82, 2.24) is 41.1 Å². The number of ether oxygens (including phenoxy) is 7. The first-order valence-corrected chi connectivity index (χ1v) is 33.0. The van der Waals surface area contributed by atoms with Crippen LogP contribution in [0, 0.1) is 11.8 Å². The molecule has 3 saturated heterocycles.